The summed E-state index contributed by atoms with van der Waals surface area (Å²) in [5.74, 6) is 1.59. The fourth-order valence-electron chi connectivity index (χ4n) is 1.95. The minimum atomic E-state index is 0.295. The van der Waals surface area contributed by atoms with Gasteiger partial charge in [-0.1, -0.05) is 6.07 Å². The third-order valence-corrected chi connectivity index (χ3v) is 4.08. The maximum absolute atomic E-state index is 5.83. The number of ether oxygens (including phenoxy) is 2. The monoisotopic (exact) mass is 291 g/mol. The number of thiophene rings is 1. The van der Waals surface area contributed by atoms with E-state index in [-0.39, 0.29) is 0 Å². The van der Waals surface area contributed by atoms with Crippen LogP contribution in [0.25, 0.3) is 0 Å². The van der Waals surface area contributed by atoms with Gasteiger partial charge in [0.1, 0.15) is 0 Å². The van der Waals surface area contributed by atoms with E-state index in [2.05, 4.69) is 35.1 Å². The van der Waals surface area contributed by atoms with E-state index in [1.54, 1.807) is 18.4 Å². The van der Waals surface area contributed by atoms with Crippen molar-refractivity contribution in [3.63, 3.8) is 0 Å². The highest BCUT2D eigenvalue weighted by Crippen LogP contribution is 2.30. The molecule has 0 aliphatic carbocycles. The normalized spacial score (nSPS) is 12.2. The van der Waals surface area contributed by atoms with Crippen molar-refractivity contribution in [2.75, 3.05) is 20.8 Å². The van der Waals surface area contributed by atoms with Crippen LogP contribution < -0.4 is 14.8 Å². The van der Waals surface area contributed by atoms with Gasteiger partial charge in [0.25, 0.3) is 0 Å². The van der Waals surface area contributed by atoms with Gasteiger partial charge in [-0.25, -0.2) is 0 Å². The molecule has 1 aromatic heterocycles. The number of rotatable bonds is 7. The molecule has 2 rings (SSSR count). The molecule has 0 bridgehead atoms. The van der Waals surface area contributed by atoms with Gasteiger partial charge in [0.15, 0.2) is 11.5 Å². The van der Waals surface area contributed by atoms with Gasteiger partial charge >= 0.3 is 0 Å². The Morgan fingerprint density at radius 1 is 1.25 bits per heavy atom. The Morgan fingerprint density at radius 2 is 2.10 bits per heavy atom. The zero-order valence-corrected chi connectivity index (χ0v) is 13.0. The standard InChI is InChI=1S/C16H21NO2S/c1-12(17-2)14-4-5-15(16(10-14)18-3)19-8-6-13-7-9-20-11-13/h4-5,7,9-12,17H,6,8H2,1-3H3. The molecule has 108 valence electrons. The summed E-state index contributed by atoms with van der Waals surface area (Å²) in [6.45, 7) is 2.78. The molecule has 1 aromatic carbocycles. The Labute approximate surface area is 124 Å². The zero-order valence-electron chi connectivity index (χ0n) is 12.2. The summed E-state index contributed by atoms with van der Waals surface area (Å²) in [5, 5.41) is 7.46. The molecule has 3 nitrogen and oxygen atoms in total. The molecule has 0 saturated carbocycles. The van der Waals surface area contributed by atoms with Gasteiger partial charge in [-0.15, -0.1) is 0 Å². The summed E-state index contributed by atoms with van der Waals surface area (Å²) in [5.41, 5.74) is 2.50. The molecule has 4 heteroatoms. The number of nitrogens with one attached hydrogen (secondary N) is 1. The lowest BCUT2D eigenvalue weighted by Gasteiger charge is -2.15. The molecule has 0 amide bonds. The first-order valence-electron chi connectivity index (χ1n) is 6.73. The predicted octanol–water partition coefficient (Wildman–Crippen LogP) is 3.66. The first-order chi connectivity index (χ1) is 9.74. The highest BCUT2D eigenvalue weighted by Gasteiger charge is 2.09. The van der Waals surface area contributed by atoms with Crippen LogP contribution in [0.2, 0.25) is 0 Å². The van der Waals surface area contributed by atoms with Crippen LogP contribution in [0.3, 0.4) is 0 Å². The SMILES string of the molecule is CNC(C)c1ccc(OCCc2ccsc2)c(OC)c1. The lowest BCUT2D eigenvalue weighted by atomic mass is 10.1. The van der Waals surface area contributed by atoms with Crippen molar-refractivity contribution < 1.29 is 9.47 Å². The summed E-state index contributed by atoms with van der Waals surface area (Å²) >= 11 is 1.71. The van der Waals surface area contributed by atoms with E-state index in [0.29, 0.717) is 12.6 Å². The van der Waals surface area contributed by atoms with Crippen LogP contribution in [0, 0.1) is 0 Å². The maximum atomic E-state index is 5.83. The minimum Gasteiger partial charge on any atom is -0.493 e. The molecule has 1 atom stereocenters. The topological polar surface area (TPSA) is 30.5 Å². The third kappa shape index (κ3) is 3.74. The van der Waals surface area contributed by atoms with E-state index in [9.17, 15) is 0 Å². The summed E-state index contributed by atoms with van der Waals surface area (Å²) in [6.07, 6.45) is 0.918. The van der Waals surface area contributed by atoms with E-state index in [4.69, 9.17) is 9.47 Å². The first-order valence-corrected chi connectivity index (χ1v) is 7.68. The second kappa shape index (κ2) is 7.31. The van der Waals surface area contributed by atoms with Crippen molar-refractivity contribution in [3.8, 4) is 11.5 Å². The van der Waals surface area contributed by atoms with Crippen molar-refractivity contribution in [2.24, 2.45) is 0 Å². The van der Waals surface area contributed by atoms with Gasteiger partial charge in [-0.2, -0.15) is 11.3 Å². The van der Waals surface area contributed by atoms with E-state index in [1.165, 1.54) is 11.1 Å². The molecule has 1 heterocycles. The van der Waals surface area contributed by atoms with Gasteiger partial charge in [0.05, 0.1) is 13.7 Å². The van der Waals surface area contributed by atoms with E-state index < -0.39 is 0 Å². The number of methoxy groups -OCH3 is 1. The van der Waals surface area contributed by atoms with Crippen LogP contribution in [-0.2, 0) is 6.42 Å². The van der Waals surface area contributed by atoms with Gasteiger partial charge in [0.2, 0.25) is 0 Å². The largest absolute Gasteiger partial charge is 0.493 e. The van der Waals surface area contributed by atoms with Crippen molar-refractivity contribution in [2.45, 2.75) is 19.4 Å². The molecular weight excluding hydrogens is 270 g/mol. The molecule has 0 spiro atoms. The Hall–Kier alpha value is -1.52. The van der Waals surface area contributed by atoms with Crippen LogP contribution in [0.15, 0.2) is 35.0 Å². The molecule has 1 unspecified atom stereocenters. The second-order valence-corrected chi connectivity index (χ2v) is 5.43. The molecule has 20 heavy (non-hydrogen) atoms. The van der Waals surface area contributed by atoms with E-state index in [1.807, 2.05) is 19.2 Å². The average Bonchev–Trinajstić information content (AvgIpc) is 3.00. The quantitative estimate of drug-likeness (QED) is 0.844. The lowest BCUT2D eigenvalue weighted by molar-refractivity contribution is 0.297. The van der Waals surface area contributed by atoms with Gasteiger partial charge in [0, 0.05) is 12.5 Å². The first kappa shape index (κ1) is 14.9. The summed E-state index contributed by atoms with van der Waals surface area (Å²) in [4.78, 5) is 0. The fraction of sp³-hybridized carbons (Fsp3) is 0.375. The van der Waals surface area contributed by atoms with Crippen LogP contribution in [-0.4, -0.2) is 20.8 Å². The lowest BCUT2D eigenvalue weighted by Crippen LogP contribution is -2.12. The van der Waals surface area contributed by atoms with Crippen molar-refractivity contribution in [1.82, 2.24) is 5.32 Å². The van der Waals surface area contributed by atoms with Gasteiger partial charge < -0.3 is 14.8 Å². The van der Waals surface area contributed by atoms with Crippen molar-refractivity contribution >= 4 is 11.3 Å². The summed E-state index contributed by atoms with van der Waals surface area (Å²) in [6, 6.07) is 8.51. The van der Waals surface area contributed by atoms with Gasteiger partial charge in [-0.3, -0.25) is 0 Å². The highest BCUT2D eigenvalue weighted by atomic mass is 32.1. The molecule has 0 saturated heterocycles. The minimum absolute atomic E-state index is 0.295. The van der Waals surface area contributed by atoms with E-state index >= 15 is 0 Å². The van der Waals surface area contributed by atoms with Crippen LogP contribution in [0.1, 0.15) is 24.1 Å². The summed E-state index contributed by atoms with van der Waals surface area (Å²) < 4.78 is 11.2. The van der Waals surface area contributed by atoms with Crippen molar-refractivity contribution in [3.05, 3.63) is 46.2 Å². The fourth-order valence-corrected chi connectivity index (χ4v) is 2.66. The van der Waals surface area contributed by atoms with Crippen LogP contribution in [0.5, 0.6) is 11.5 Å². The predicted molar refractivity (Wildman–Crippen MR) is 84.0 cm³/mol. The van der Waals surface area contributed by atoms with Gasteiger partial charge in [-0.05, 0) is 54.1 Å². The van der Waals surface area contributed by atoms with E-state index in [0.717, 1.165) is 17.9 Å². The molecule has 0 radical (unpaired) electrons. The second-order valence-electron chi connectivity index (χ2n) is 4.65. The average molecular weight is 291 g/mol. The number of hydrogen-bond acceptors (Lipinski definition) is 4. The molecule has 1 N–H and O–H groups in total. The molecule has 2 aromatic rings. The van der Waals surface area contributed by atoms with Crippen molar-refractivity contribution in [1.29, 1.82) is 0 Å². The zero-order chi connectivity index (χ0) is 14.4. The molecule has 0 aliphatic heterocycles. The molecule has 0 aliphatic rings. The Morgan fingerprint density at radius 3 is 2.75 bits per heavy atom. The smallest absolute Gasteiger partial charge is 0.161 e. The van der Waals surface area contributed by atoms with Crippen LogP contribution >= 0.6 is 11.3 Å². The number of benzene rings is 1. The van der Waals surface area contributed by atoms with Crippen LogP contribution in [0.4, 0.5) is 0 Å². The maximum Gasteiger partial charge on any atom is 0.161 e. The Bertz CT molecular complexity index is 525. The molecule has 0 fully saturated rings. The number of hydrogen-bond donors (Lipinski definition) is 1. The summed E-state index contributed by atoms with van der Waals surface area (Å²) in [7, 11) is 3.62. The molecular formula is C16H21NO2S. The Balaban J connectivity index is 2.00. The Kier molecular flexibility index (Phi) is 5.44. The third-order valence-electron chi connectivity index (χ3n) is 3.35. The highest BCUT2D eigenvalue weighted by molar-refractivity contribution is 7.07.